The molecule has 1 aliphatic heterocycles. The Labute approximate surface area is 110 Å². The predicted octanol–water partition coefficient (Wildman–Crippen LogP) is 2.39. The SMILES string of the molecule is CCOC(=O)NC1CCCN(CC2CCCC2)C1. The van der Waals surface area contributed by atoms with Crippen molar-refractivity contribution in [1.29, 1.82) is 0 Å². The van der Waals surface area contributed by atoms with Crippen LogP contribution in [0, 0.1) is 5.92 Å². The number of hydrogen-bond acceptors (Lipinski definition) is 3. The summed E-state index contributed by atoms with van der Waals surface area (Å²) in [4.78, 5) is 13.9. The number of amides is 1. The van der Waals surface area contributed by atoms with Crippen LogP contribution in [-0.2, 0) is 4.74 Å². The van der Waals surface area contributed by atoms with Crippen LogP contribution < -0.4 is 5.32 Å². The number of likely N-dealkylation sites (tertiary alicyclic amines) is 1. The van der Waals surface area contributed by atoms with Gasteiger partial charge in [0, 0.05) is 19.1 Å². The molecule has 0 aromatic heterocycles. The highest BCUT2D eigenvalue weighted by atomic mass is 16.5. The largest absolute Gasteiger partial charge is 0.450 e. The molecule has 1 atom stereocenters. The van der Waals surface area contributed by atoms with Crippen LogP contribution in [0.2, 0.25) is 0 Å². The Morgan fingerprint density at radius 3 is 2.78 bits per heavy atom. The third-order valence-corrected chi connectivity index (χ3v) is 4.09. The highest BCUT2D eigenvalue weighted by Crippen LogP contribution is 2.26. The Bertz CT molecular complexity index is 265. The zero-order valence-electron chi connectivity index (χ0n) is 11.5. The Balaban J connectivity index is 1.71. The summed E-state index contributed by atoms with van der Waals surface area (Å²) in [5, 5.41) is 2.97. The third-order valence-electron chi connectivity index (χ3n) is 4.09. The minimum absolute atomic E-state index is 0.259. The average molecular weight is 254 g/mol. The van der Waals surface area contributed by atoms with Gasteiger partial charge < -0.3 is 15.0 Å². The van der Waals surface area contributed by atoms with Gasteiger partial charge in [-0.1, -0.05) is 12.8 Å². The molecule has 1 saturated carbocycles. The maximum Gasteiger partial charge on any atom is 0.407 e. The molecule has 104 valence electrons. The van der Waals surface area contributed by atoms with Gasteiger partial charge in [-0.15, -0.1) is 0 Å². The minimum Gasteiger partial charge on any atom is -0.450 e. The van der Waals surface area contributed by atoms with Gasteiger partial charge in [0.1, 0.15) is 0 Å². The second-order valence-corrected chi connectivity index (χ2v) is 5.61. The molecule has 1 N–H and O–H groups in total. The van der Waals surface area contributed by atoms with Crippen molar-refractivity contribution in [2.75, 3.05) is 26.2 Å². The van der Waals surface area contributed by atoms with E-state index in [-0.39, 0.29) is 12.1 Å². The van der Waals surface area contributed by atoms with E-state index in [0.717, 1.165) is 18.9 Å². The number of nitrogens with one attached hydrogen (secondary N) is 1. The molecule has 0 aromatic carbocycles. The van der Waals surface area contributed by atoms with Gasteiger partial charge >= 0.3 is 6.09 Å². The zero-order chi connectivity index (χ0) is 12.8. The van der Waals surface area contributed by atoms with E-state index in [2.05, 4.69) is 10.2 Å². The molecule has 1 unspecified atom stereocenters. The standard InChI is InChI=1S/C14H26N2O2/c1-2-18-14(17)15-13-8-5-9-16(11-13)10-12-6-3-4-7-12/h12-13H,2-11H2,1H3,(H,15,17). The molecule has 1 amide bonds. The van der Waals surface area contributed by atoms with Gasteiger partial charge in [-0.25, -0.2) is 4.79 Å². The number of hydrogen-bond donors (Lipinski definition) is 1. The lowest BCUT2D eigenvalue weighted by molar-refractivity contribution is 0.129. The second-order valence-electron chi connectivity index (χ2n) is 5.61. The van der Waals surface area contributed by atoms with Crippen molar-refractivity contribution >= 4 is 6.09 Å². The van der Waals surface area contributed by atoms with Gasteiger partial charge in [0.25, 0.3) is 0 Å². The van der Waals surface area contributed by atoms with E-state index in [0.29, 0.717) is 6.61 Å². The van der Waals surface area contributed by atoms with E-state index in [1.54, 1.807) is 0 Å². The Kier molecular flexibility index (Phi) is 5.29. The molecule has 1 aliphatic carbocycles. The van der Waals surface area contributed by atoms with Gasteiger partial charge in [-0.2, -0.15) is 0 Å². The van der Waals surface area contributed by atoms with Gasteiger partial charge in [0.05, 0.1) is 6.61 Å². The summed E-state index contributed by atoms with van der Waals surface area (Å²) in [5.74, 6) is 0.895. The molecular weight excluding hydrogens is 228 g/mol. The summed E-state index contributed by atoms with van der Waals surface area (Å²) < 4.78 is 4.94. The quantitative estimate of drug-likeness (QED) is 0.837. The van der Waals surface area contributed by atoms with Crippen LogP contribution in [0.3, 0.4) is 0 Å². The Hall–Kier alpha value is -0.770. The smallest absolute Gasteiger partial charge is 0.407 e. The fourth-order valence-corrected chi connectivity index (χ4v) is 3.24. The molecule has 0 bridgehead atoms. The molecule has 1 saturated heterocycles. The van der Waals surface area contributed by atoms with E-state index in [4.69, 9.17) is 4.74 Å². The summed E-state index contributed by atoms with van der Waals surface area (Å²) in [6, 6.07) is 0.277. The van der Waals surface area contributed by atoms with Crippen LogP contribution in [0.15, 0.2) is 0 Å². The summed E-state index contributed by atoms with van der Waals surface area (Å²) in [6.07, 6.45) is 7.61. The van der Waals surface area contributed by atoms with E-state index in [1.165, 1.54) is 45.2 Å². The minimum atomic E-state index is -0.259. The normalized spacial score (nSPS) is 26.2. The van der Waals surface area contributed by atoms with Crippen LogP contribution in [-0.4, -0.2) is 43.3 Å². The van der Waals surface area contributed by atoms with Crippen molar-refractivity contribution < 1.29 is 9.53 Å². The summed E-state index contributed by atoms with van der Waals surface area (Å²) in [5.41, 5.74) is 0. The Morgan fingerprint density at radius 1 is 1.28 bits per heavy atom. The van der Waals surface area contributed by atoms with Crippen LogP contribution in [0.5, 0.6) is 0 Å². The highest BCUT2D eigenvalue weighted by molar-refractivity contribution is 5.67. The number of carbonyl (C=O) groups excluding carboxylic acids is 1. The first-order valence-corrected chi connectivity index (χ1v) is 7.43. The number of alkyl carbamates (subject to hydrolysis) is 1. The highest BCUT2D eigenvalue weighted by Gasteiger charge is 2.25. The van der Waals surface area contributed by atoms with Crippen LogP contribution in [0.25, 0.3) is 0 Å². The van der Waals surface area contributed by atoms with Crippen molar-refractivity contribution in [2.24, 2.45) is 5.92 Å². The first-order chi connectivity index (χ1) is 8.78. The maximum absolute atomic E-state index is 11.4. The molecule has 1 heterocycles. The number of nitrogens with zero attached hydrogens (tertiary/aromatic N) is 1. The van der Waals surface area contributed by atoms with E-state index in [1.807, 2.05) is 6.92 Å². The van der Waals surface area contributed by atoms with Crippen LogP contribution >= 0.6 is 0 Å². The van der Waals surface area contributed by atoms with Crippen molar-refractivity contribution in [3.8, 4) is 0 Å². The number of ether oxygens (including phenoxy) is 1. The van der Waals surface area contributed by atoms with Crippen LogP contribution in [0.1, 0.15) is 45.4 Å². The van der Waals surface area contributed by atoms with Crippen molar-refractivity contribution in [1.82, 2.24) is 10.2 Å². The zero-order valence-corrected chi connectivity index (χ0v) is 11.5. The van der Waals surface area contributed by atoms with Gasteiger partial charge in [-0.3, -0.25) is 0 Å². The molecule has 0 spiro atoms. The van der Waals surface area contributed by atoms with Crippen molar-refractivity contribution in [3.05, 3.63) is 0 Å². The van der Waals surface area contributed by atoms with Gasteiger partial charge in [0.2, 0.25) is 0 Å². The molecule has 0 aromatic rings. The number of rotatable bonds is 4. The molecule has 2 aliphatic rings. The van der Waals surface area contributed by atoms with Crippen molar-refractivity contribution in [3.63, 3.8) is 0 Å². The third kappa shape index (κ3) is 4.16. The summed E-state index contributed by atoms with van der Waals surface area (Å²) in [7, 11) is 0. The molecule has 4 nitrogen and oxygen atoms in total. The van der Waals surface area contributed by atoms with E-state index >= 15 is 0 Å². The molecule has 0 radical (unpaired) electrons. The molecule has 2 rings (SSSR count). The van der Waals surface area contributed by atoms with Crippen molar-refractivity contribution in [2.45, 2.75) is 51.5 Å². The average Bonchev–Trinajstić information content (AvgIpc) is 2.82. The molecule has 2 fully saturated rings. The first kappa shape index (κ1) is 13.7. The fourth-order valence-electron chi connectivity index (χ4n) is 3.24. The molecule has 4 heteroatoms. The lowest BCUT2D eigenvalue weighted by atomic mass is 10.0. The Morgan fingerprint density at radius 2 is 2.06 bits per heavy atom. The maximum atomic E-state index is 11.4. The monoisotopic (exact) mass is 254 g/mol. The topological polar surface area (TPSA) is 41.6 Å². The lowest BCUT2D eigenvalue weighted by Gasteiger charge is -2.34. The fraction of sp³-hybridized carbons (Fsp3) is 0.929. The van der Waals surface area contributed by atoms with Crippen LogP contribution in [0.4, 0.5) is 4.79 Å². The second kappa shape index (κ2) is 6.98. The van der Waals surface area contributed by atoms with E-state index in [9.17, 15) is 4.79 Å². The number of carbonyl (C=O) groups is 1. The first-order valence-electron chi connectivity index (χ1n) is 7.43. The van der Waals surface area contributed by atoms with Gasteiger partial charge in [0.15, 0.2) is 0 Å². The van der Waals surface area contributed by atoms with E-state index < -0.39 is 0 Å². The number of piperidine rings is 1. The summed E-state index contributed by atoms with van der Waals surface area (Å²) in [6.45, 7) is 5.70. The summed E-state index contributed by atoms with van der Waals surface area (Å²) >= 11 is 0. The molecule has 18 heavy (non-hydrogen) atoms. The predicted molar refractivity (Wildman–Crippen MR) is 71.6 cm³/mol. The molecular formula is C14H26N2O2. The lowest BCUT2D eigenvalue weighted by Crippen LogP contribution is -2.48. The van der Waals surface area contributed by atoms with Gasteiger partial charge in [-0.05, 0) is 45.1 Å².